The SMILES string of the molecule is CC(C)Sc1ccc(NC(=O)C2CCCNC2)cc1. The van der Waals surface area contributed by atoms with Gasteiger partial charge in [-0.2, -0.15) is 0 Å². The highest BCUT2D eigenvalue weighted by atomic mass is 32.2. The van der Waals surface area contributed by atoms with E-state index in [0.29, 0.717) is 5.25 Å². The van der Waals surface area contributed by atoms with Gasteiger partial charge in [-0.1, -0.05) is 13.8 Å². The Morgan fingerprint density at radius 3 is 2.68 bits per heavy atom. The Morgan fingerprint density at radius 2 is 2.11 bits per heavy atom. The lowest BCUT2D eigenvalue weighted by atomic mass is 9.99. The number of anilines is 1. The number of piperidine rings is 1. The molecule has 1 aromatic carbocycles. The van der Waals surface area contributed by atoms with Crippen molar-refractivity contribution in [3.8, 4) is 0 Å². The molecule has 1 unspecified atom stereocenters. The lowest BCUT2D eigenvalue weighted by molar-refractivity contribution is -0.120. The van der Waals surface area contributed by atoms with E-state index in [1.807, 2.05) is 23.9 Å². The van der Waals surface area contributed by atoms with Crippen molar-refractivity contribution < 1.29 is 4.79 Å². The second-order valence-electron chi connectivity index (χ2n) is 5.22. The van der Waals surface area contributed by atoms with Gasteiger partial charge in [0.05, 0.1) is 5.92 Å². The van der Waals surface area contributed by atoms with Gasteiger partial charge < -0.3 is 10.6 Å². The minimum atomic E-state index is 0.110. The number of hydrogen-bond donors (Lipinski definition) is 2. The summed E-state index contributed by atoms with van der Waals surface area (Å²) in [6, 6.07) is 8.11. The van der Waals surface area contributed by atoms with Gasteiger partial charge in [-0.3, -0.25) is 4.79 Å². The molecule has 1 aliphatic rings. The molecular weight excluding hydrogens is 256 g/mol. The molecule has 0 radical (unpaired) electrons. The Balaban J connectivity index is 1.89. The number of benzene rings is 1. The Kier molecular flexibility index (Phi) is 5.28. The minimum Gasteiger partial charge on any atom is -0.326 e. The lowest BCUT2D eigenvalue weighted by Gasteiger charge is -2.21. The van der Waals surface area contributed by atoms with Crippen LogP contribution in [0.2, 0.25) is 0 Å². The maximum Gasteiger partial charge on any atom is 0.228 e. The third-order valence-corrected chi connectivity index (χ3v) is 4.18. The van der Waals surface area contributed by atoms with Crippen LogP contribution in [0.4, 0.5) is 5.69 Å². The van der Waals surface area contributed by atoms with E-state index in [-0.39, 0.29) is 11.8 Å². The van der Waals surface area contributed by atoms with Crippen LogP contribution in [0, 0.1) is 5.92 Å². The molecule has 1 heterocycles. The molecule has 1 aromatic rings. The Hall–Kier alpha value is -1.00. The van der Waals surface area contributed by atoms with Gasteiger partial charge in [0.15, 0.2) is 0 Å². The topological polar surface area (TPSA) is 41.1 Å². The fourth-order valence-corrected chi connectivity index (χ4v) is 3.05. The van der Waals surface area contributed by atoms with Crippen molar-refractivity contribution in [2.45, 2.75) is 36.8 Å². The third-order valence-electron chi connectivity index (χ3n) is 3.16. The first-order chi connectivity index (χ1) is 9.15. The number of amides is 1. The molecule has 1 aliphatic heterocycles. The molecule has 2 N–H and O–H groups in total. The van der Waals surface area contributed by atoms with Crippen LogP contribution in [0.1, 0.15) is 26.7 Å². The van der Waals surface area contributed by atoms with Gasteiger partial charge in [-0.25, -0.2) is 0 Å². The molecular formula is C15H22N2OS. The molecule has 0 bridgehead atoms. The summed E-state index contributed by atoms with van der Waals surface area (Å²) < 4.78 is 0. The van der Waals surface area contributed by atoms with Gasteiger partial charge in [0.2, 0.25) is 5.91 Å². The van der Waals surface area contributed by atoms with Crippen LogP contribution < -0.4 is 10.6 Å². The highest BCUT2D eigenvalue weighted by Gasteiger charge is 2.20. The molecule has 1 amide bonds. The van der Waals surface area contributed by atoms with E-state index in [4.69, 9.17) is 0 Å². The first-order valence-corrected chi connectivity index (χ1v) is 7.81. The van der Waals surface area contributed by atoms with Gasteiger partial charge in [-0.05, 0) is 43.7 Å². The van der Waals surface area contributed by atoms with Gasteiger partial charge in [0.25, 0.3) is 0 Å². The van der Waals surface area contributed by atoms with Crippen LogP contribution in [0.3, 0.4) is 0 Å². The number of rotatable bonds is 4. The molecule has 19 heavy (non-hydrogen) atoms. The average Bonchev–Trinajstić information content (AvgIpc) is 2.41. The van der Waals surface area contributed by atoms with Crippen molar-refractivity contribution in [3.63, 3.8) is 0 Å². The number of carbonyl (C=O) groups excluding carboxylic acids is 1. The molecule has 1 saturated heterocycles. The van der Waals surface area contributed by atoms with Crippen LogP contribution in [-0.2, 0) is 4.79 Å². The van der Waals surface area contributed by atoms with Crippen molar-refractivity contribution in [2.75, 3.05) is 18.4 Å². The van der Waals surface area contributed by atoms with Crippen molar-refractivity contribution in [1.29, 1.82) is 0 Å². The van der Waals surface area contributed by atoms with Gasteiger partial charge in [0.1, 0.15) is 0 Å². The molecule has 2 rings (SSSR count). The fourth-order valence-electron chi connectivity index (χ4n) is 2.21. The minimum absolute atomic E-state index is 0.110. The molecule has 1 fully saturated rings. The van der Waals surface area contributed by atoms with Crippen LogP contribution in [0.25, 0.3) is 0 Å². The van der Waals surface area contributed by atoms with E-state index >= 15 is 0 Å². The van der Waals surface area contributed by atoms with E-state index in [2.05, 4.69) is 36.6 Å². The smallest absolute Gasteiger partial charge is 0.228 e. The number of carbonyl (C=O) groups is 1. The van der Waals surface area contributed by atoms with Crippen LogP contribution in [-0.4, -0.2) is 24.2 Å². The predicted octanol–water partition coefficient (Wildman–Crippen LogP) is 3.13. The number of nitrogens with one attached hydrogen (secondary N) is 2. The van der Waals surface area contributed by atoms with Crippen molar-refractivity contribution in [1.82, 2.24) is 5.32 Å². The van der Waals surface area contributed by atoms with E-state index < -0.39 is 0 Å². The number of hydrogen-bond acceptors (Lipinski definition) is 3. The molecule has 0 aliphatic carbocycles. The van der Waals surface area contributed by atoms with Gasteiger partial charge in [0, 0.05) is 22.4 Å². The molecule has 0 saturated carbocycles. The number of thioether (sulfide) groups is 1. The van der Waals surface area contributed by atoms with Crippen molar-refractivity contribution >= 4 is 23.4 Å². The first-order valence-electron chi connectivity index (χ1n) is 6.93. The molecule has 0 aromatic heterocycles. The van der Waals surface area contributed by atoms with Gasteiger partial charge in [-0.15, -0.1) is 11.8 Å². The Bertz CT molecular complexity index is 411. The third kappa shape index (κ3) is 4.55. The van der Waals surface area contributed by atoms with Crippen molar-refractivity contribution in [2.24, 2.45) is 5.92 Å². The summed E-state index contributed by atoms with van der Waals surface area (Å²) >= 11 is 1.83. The van der Waals surface area contributed by atoms with Gasteiger partial charge >= 0.3 is 0 Å². The Labute approximate surface area is 119 Å². The predicted molar refractivity (Wildman–Crippen MR) is 81.7 cm³/mol. The molecule has 4 heteroatoms. The highest BCUT2D eigenvalue weighted by molar-refractivity contribution is 7.99. The van der Waals surface area contributed by atoms with Crippen molar-refractivity contribution in [3.05, 3.63) is 24.3 Å². The zero-order valence-electron chi connectivity index (χ0n) is 11.6. The van der Waals surface area contributed by atoms with E-state index in [0.717, 1.165) is 31.6 Å². The standard InChI is InChI=1S/C15H22N2OS/c1-11(2)19-14-7-5-13(6-8-14)17-15(18)12-4-3-9-16-10-12/h5-8,11-12,16H,3-4,9-10H2,1-2H3,(H,17,18). The summed E-state index contributed by atoms with van der Waals surface area (Å²) in [5.74, 6) is 0.245. The molecule has 104 valence electrons. The average molecular weight is 278 g/mol. The largest absolute Gasteiger partial charge is 0.326 e. The summed E-state index contributed by atoms with van der Waals surface area (Å²) in [4.78, 5) is 13.3. The maximum atomic E-state index is 12.1. The molecule has 1 atom stereocenters. The van der Waals surface area contributed by atoms with Crippen LogP contribution >= 0.6 is 11.8 Å². The molecule has 0 spiro atoms. The highest BCUT2D eigenvalue weighted by Crippen LogP contribution is 2.24. The summed E-state index contributed by atoms with van der Waals surface area (Å²) in [5.41, 5.74) is 0.892. The van der Waals surface area contributed by atoms with Crippen LogP contribution in [0.15, 0.2) is 29.2 Å². The second kappa shape index (κ2) is 6.96. The zero-order valence-corrected chi connectivity index (χ0v) is 12.4. The second-order valence-corrected chi connectivity index (χ2v) is 6.87. The first kappa shape index (κ1) is 14.4. The summed E-state index contributed by atoms with van der Waals surface area (Å²) in [7, 11) is 0. The zero-order chi connectivity index (χ0) is 13.7. The summed E-state index contributed by atoms with van der Waals surface area (Å²) in [6.07, 6.45) is 2.07. The quantitative estimate of drug-likeness (QED) is 0.831. The normalized spacial score (nSPS) is 19.4. The van der Waals surface area contributed by atoms with E-state index in [1.165, 1.54) is 4.90 Å². The summed E-state index contributed by atoms with van der Waals surface area (Å²) in [5, 5.41) is 6.85. The maximum absolute atomic E-state index is 12.1. The Morgan fingerprint density at radius 1 is 1.37 bits per heavy atom. The fraction of sp³-hybridized carbons (Fsp3) is 0.533. The molecule has 3 nitrogen and oxygen atoms in total. The summed E-state index contributed by atoms with van der Waals surface area (Å²) in [6.45, 7) is 6.19. The van der Waals surface area contributed by atoms with E-state index in [9.17, 15) is 4.79 Å². The van der Waals surface area contributed by atoms with E-state index in [1.54, 1.807) is 0 Å². The lowest BCUT2D eigenvalue weighted by Crippen LogP contribution is -2.37. The van der Waals surface area contributed by atoms with Crippen LogP contribution in [0.5, 0.6) is 0 Å². The monoisotopic (exact) mass is 278 g/mol.